The van der Waals surface area contributed by atoms with Crippen molar-refractivity contribution in [2.75, 3.05) is 39.8 Å². The van der Waals surface area contributed by atoms with E-state index in [1.165, 1.54) is 4.88 Å². The Hall–Kier alpha value is -1.60. The van der Waals surface area contributed by atoms with E-state index in [0.29, 0.717) is 31.6 Å². The lowest BCUT2D eigenvalue weighted by Crippen LogP contribution is -2.54. The zero-order valence-electron chi connectivity index (χ0n) is 13.5. The van der Waals surface area contributed by atoms with Crippen molar-refractivity contribution in [1.82, 2.24) is 20.4 Å². The van der Waals surface area contributed by atoms with Crippen molar-refractivity contribution in [1.29, 1.82) is 0 Å². The highest BCUT2D eigenvalue weighted by molar-refractivity contribution is 7.10. The molecule has 3 amide bonds. The molecule has 3 heterocycles. The first-order valence-electron chi connectivity index (χ1n) is 8.18. The van der Waals surface area contributed by atoms with Crippen LogP contribution in [0, 0.1) is 5.92 Å². The molecule has 23 heavy (non-hydrogen) atoms. The zero-order chi connectivity index (χ0) is 16.2. The van der Waals surface area contributed by atoms with Gasteiger partial charge >= 0.3 is 6.03 Å². The molecular formula is C16H24N4O2S. The smallest absolute Gasteiger partial charge is 0.317 e. The van der Waals surface area contributed by atoms with Crippen LogP contribution in [0.25, 0.3) is 0 Å². The summed E-state index contributed by atoms with van der Waals surface area (Å²) in [4.78, 5) is 29.0. The van der Waals surface area contributed by atoms with E-state index in [1.807, 2.05) is 0 Å². The van der Waals surface area contributed by atoms with E-state index in [9.17, 15) is 9.59 Å². The van der Waals surface area contributed by atoms with E-state index in [2.05, 4.69) is 40.1 Å². The second-order valence-electron chi connectivity index (χ2n) is 6.30. The van der Waals surface area contributed by atoms with Gasteiger partial charge in [-0.1, -0.05) is 6.07 Å². The molecule has 2 N–H and O–H groups in total. The number of thiophene rings is 1. The molecule has 0 radical (unpaired) electrons. The molecule has 126 valence electrons. The van der Waals surface area contributed by atoms with Gasteiger partial charge in [-0.15, -0.1) is 11.3 Å². The first-order chi connectivity index (χ1) is 11.1. The van der Waals surface area contributed by atoms with Crippen LogP contribution in [0.5, 0.6) is 0 Å². The first kappa shape index (κ1) is 16.3. The van der Waals surface area contributed by atoms with Crippen molar-refractivity contribution in [3.05, 3.63) is 22.4 Å². The average molecular weight is 336 g/mol. The van der Waals surface area contributed by atoms with Crippen LogP contribution in [-0.4, -0.2) is 61.5 Å². The lowest BCUT2D eigenvalue weighted by molar-refractivity contribution is -0.123. The van der Waals surface area contributed by atoms with Crippen molar-refractivity contribution in [3.63, 3.8) is 0 Å². The number of nitrogens with one attached hydrogen (secondary N) is 2. The van der Waals surface area contributed by atoms with E-state index < -0.39 is 0 Å². The molecule has 2 atom stereocenters. The van der Waals surface area contributed by atoms with Gasteiger partial charge in [0.1, 0.15) is 6.54 Å². The highest BCUT2D eigenvalue weighted by atomic mass is 32.1. The predicted molar refractivity (Wildman–Crippen MR) is 90.4 cm³/mol. The van der Waals surface area contributed by atoms with Gasteiger partial charge in [0, 0.05) is 30.6 Å². The quantitative estimate of drug-likeness (QED) is 0.874. The normalized spacial score (nSPS) is 26.0. The number of carbonyl (C=O) groups is 2. The van der Waals surface area contributed by atoms with Crippen molar-refractivity contribution >= 4 is 23.3 Å². The molecule has 7 heteroatoms. The Morgan fingerprint density at radius 2 is 2.35 bits per heavy atom. The number of carbonyl (C=O) groups excluding carboxylic acids is 2. The van der Waals surface area contributed by atoms with Gasteiger partial charge in [0.15, 0.2) is 0 Å². The second-order valence-corrected chi connectivity index (χ2v) is 7.28. The Morgan fingerprint density at radius 1 is 1.48 bits per heavy atom. The zero-order valence-corrected chi connectivity index (χ0v) is 14.3. The largest absolute Gasteiger partial charge is 0.353 e. The minimum atomic E-state index is -0.127. The van der Waals surface area contributed by atoms with Crippen LogP contribution in [0.2, 0.25) is 0 Å². The van der Waals surface area contributed by atoms with Crippen LogP contribution in [0.15, 0.2) is 17.5 Å². The maximum Gasteiger partial charge on any atom is 0.317 e. The molecule has 2 saturated heterocycles. The van der Waals surface area contributed by atoms with Gasteiger partial charge in [-0.05, 0) is 43.8 Å². The molecule has 0 spiro atoms. The Kier molecular flexibility index (Phi) is 5.17. The van der Waals surface area contributed by atoms with Crippen LogP contribution < -0.4 is 10.6 Å². The van der Waals surface area contributed by atoms with E-state index in [0.717, 1.165) is 19.4 Å². The van der Waals surface area contributed by atoms with Gasteiger partial charge in [-0.2, -0.15) is 0 Å². The summed E-state index contributed by atoms with van der Waals surface area (Å²) in [5.41, 5.74) is 0. The molecule has 0 bridgehead atoms. The van der Waals surface area contributed by atoms with Crippen LogP contribution in [0.3, 0.4) is 0 Å². The average Bonchev–Trinajstić information content (AvgIpc) is 3.06. The summed E-state index contributed by atoms with van der Waals surface area (Å²) in [6.45, 7) is 3.03. The maximum absolute atomic E-state index is 12.3. The van der Waals surface area contributed by atoms with Crippen LogP contribution in [-0.2, 0) is 4.79 Å². The molecule has 0 aliphatic carbocycles. The summed E-state index contributed by atoms with van der Waals surface area (Å²) in [7, 11) is 2.16. The molecule has 0 unspecified atom stereocenters. The number of likely N-dealkylation sites (tertiary alicyclic amines) is 1. The summed E-state index contributed by atoms with van der Waals surface area (Å²) >= 11 is 1.78. The summed E-state index contributed by atoms with van der Waals surface area (Å²) in [6.07, 6.45) is 2.28. The molecule has 2 aliphatic heterocycles. The molecule has 1 aromatic heterocycles. The third-order valence-electron chi connectivity index (χ3n) is 4.68. The number of hydrogen-bond acceptors (Lipinski definition) is 4. The molecule has 0 saturated carbocycles. The Labute approximate surface area is 140 Å². The first-order valence-corrected chi connectivity index (χ1v) is 9.06. The number of urea groups is 1. The lowest BCUT2D eigenvalue weighted by Gasteiger charge is -2.39. The fourth-order valence-corrected chi connectivity index (χ4v) is 4.51. The minimum Gasteiger partial charge on any atom is -0.353 e. The topological polar surface area (TPSA) is 64.7 Å². The Morgan fingerprint density at radius 3 is 3.09 bits per heavy atom. The number of rotatable bonds is 3. The number of hydrogen-bond donors (Lipinski definition) is 2. The Balaban J connectivity index is 1.59. The Bertz CT molecular complexity index is 548. The highest BCUT2D eigenvalue weighted by Crippen LogP contribution is 2.36. The van der Waals surface area contributed by atoms with E-state index in [-0.39, 0.29) is 18.5 Å². The number of piperazine rings is 1. The fraction of sp³-hybridized carbons (Fsp3) is 0.625. The summed E-state index contributed by atoms with van der Waals surface area (Å²) in [6, 6.07) is 4.51. The van der Waals surface area contributed by atoms with Crippen LogP contribution in [0.4, 0.5) is 4.79 Å². The van der Waals surface area contributed by atoms with Gasteiger partial charge in [0.2, 0.25) is 5.91 Å². The van der Waals surface area contributed by atoms with E-state index >= 15 is 0 Å². The van der Waals surface area contributed by atoms with Crippen molar-refractivity contribution in [2.24, 2.45) is 5.92 Å². The van der Waals surface area contributed by atoms with Crippen molar-refractivity contribution < 1.29 is 9.59 Å². The number of piperidine rings is 1. The predicted octanol–water partition coefficient (Wildman–Crippen LogP) is 1.27. The van der Waals surface area contributed by atoms with Crippen LogP contribution >= 0.6 is 11.3 Å². The molecular weight excluding hydrogens is 312 g/mol. The maximum atomic E-state index is 12.3. The van der Waals surface area contributed by atoms with Gasteiger partial charge < -0.3 is 15.5 Å². The molecule has 1 aromatic rings. The molecule has 2 aliphatic rings. The van der Waals surface area contributed by atoms with E-state index in [1.54, 1.807) is 16.2 Å². The summed E-state index contributed by atoms with van der Waals surface area (Å²) in [5, 5.41) is 7.89. The van der Waals surface area contributed by atoms with Crippen molar-refractivity contribution in [3.8, 4) is 0 Å². The third-order valence-corrected chi connectivity index (χ3v) is 5.63. The van der Waals surface area contributed by atoms with Gasteiger partial charge in [-0.25, -0.2) is 4.79 Å². The molecule has 6 nitrogen and oxygen atoms in total. The van der Waals surface area contributed by atoms with Gasteiger partial charge in [0.25, 0.3) is 0 Å². The van der Waals surface area contributed by atoms with Gasteiger partial charge in [-0.3, -0.25) is 9.69 Å². The number of nitrogens with zero attached hydrogens (tertiary/aromatic N) is 2. The third kappa shape index (κ3) is 3.84. The molecule has 2 fully saturated rings. The fourth-order valence-electron chi connectivity index (χ4n) is 3.52. The summed E-state index contributed by atoms with van der Waals surface area (Å²) < 4.78 is 0. The second kappa shape index (κ2) is 7.31. The van der Waals surface area contributed by atoms with E-state index in [4.69, 9.17) is 0 Å². The standard InChI is InChI=1S/C16H24N4O2S/c1-19-7-2-4-12(15(19)13-5-3-9-23-13)10-18-16(22)20-8-6-17-14(21)11-20/h3,5,9,12,15H,2,4,6-8,10-11H2,1H3,(H,17,21)(H,18,22)/t12-,15-/m0/s1. The van der Waals surface area contributed by atoms with Gasteiger partial charge in [0.05, 0.1) is 0 Å². The monoisotopic (exact) mass is 336 g/mol. The number of amides is 3. The van der Waals surface area contributed by atoms with Crippen molar-refractivity contribution in [2.45, 2.75) is 18.9 Å². The minimum absolute atomic E-state index is 0.0831. The summed E-state index contributed by atoms with van der Waals surface area (Å²) in [5.74, 6) is 0.329. The lowest BCUT2D eigenvalue weighted by atomic mass is 9.88. The SMILES string of the molecule is CN1CCC[C@@H](CNC(=O)N2CCNC(=O)C2)[C@H]1c1cccs1. The molecule has 0 aromatic carbocycles. The highest BCUT2D eigenvalue weighted by Gasteiger charge is 2.32. The van der Waals surface area contributed by atoms with Crippen LogP contribution in [0.1, 0.15) is 23.8 Å². The molecule has 3 rings (SSSR count).